The van der Waals surface area contributed by atoms with E-state index in [-0.39, 0.29) is 17.2 Å². The van der Waals surface area contributed by atoms with Gasteiger partial charge in [0.25, 0.3) is 11.5 Å². The average molecular weight is 292 g/mol. The number of rotatable bonds is 2. The van der Waals surface area contributed by atoms with Gasteiger partial charge in [-0.1, -0.05) is 30.3 Å². The Morgan fingerprint density at radius 2 is 1.82 bits per heavy atom. The Morgan fingerprint density at radius 1 is 1.05 bits per heavy atom. The van der Waals surface area contributed by atoms with Crippen LogP contribution in [-0.4, -0.2) is 10.9 Å². The van der Waals surface area contributed by atoms with Crippen LogP contribution in [0, 0.1) is 13.8 Å². The monoisotopic (exact) mass is 292 g/mol. The second-order valence-corrected chi connectivity index (χ2v) is 5.30. The van der Waals surface area contributed by atoms with Crippen LogP contribution >= 0.6 is 0 Å². The molecule has 4 heteroatoms. The number of H-pyrrole nitrogens is 1. The van der Waals surface area contributed by atoms with E-state index < -0.39 is 0 Å². The number of benzene rings is 2. The first-order valence-corrected chi connectivity index (χ1v) is 7.06. The van der Waals surface area contributed by atoms with Gasteiger partial charge in [-0.15, -0.1) is 0 Å². The number of aromatic amines is 1. The lowest BCUT2D eigenvalue weighted by atomic mass is 10.1. The summed E-state index contributed by atoms with van der Waals surface area (Å²) in [5, 5.41) is 4.17. The molecule has 0 aliphatic rings. The molecule has 0 aliphatic heterocycles. The SMILES string of the molecule is Cc1cccc(NC(=O)c2cc3ccccc3c(=O)[nH]2)c1C. The zero-order valence-corrected chi connectivity index (χ0v) is 12.4. The lowest BCUT2D eigenvalue weighted by Gasteiger charge is -2.10. The summed E-state index contributed by atoms with van der Waals surface area (Å²) in [6.45, 7) is 3.94. The summed E-state index contributed by atoms with van der Waals surface area (Å²) >= 11 is 0. The van der Waals surface area contributed by atoms with E-state index in [1.54, 1.807) is 18.2 Å². The maximum Gasteiger partial charge on any atom is 0.272 e. The Bertz CT molecular complexity index is 926. The number of amides is 1. The zero-order chi connectivity index (χ0) is 15.7. The molecule has 3 aromatic rings. The number of aryl methyl sites for hydroxylation is 1. The van der Waals surface area contributed by atoms with Gasteiger partial charge in [-0.05, 0) is 48.6 Å². The predicted molar refractivity (Wildman–Crippen MR) is 88.4 cm³/mol. The average Bonchev–Trinajstić information content (AvgIpc) is 2.52. The molecule has 0 unspecified atom stereocenters. The van der Waals surface area contributed by atoms with Crippen LogP contribution in [0.1, 0.15) is 21.6 Å². The Kier molecular flexibility index (Phi) is 3.51. The summed E-state index contributed by atoms with van der Waals surface area (Å²) in [4.78, 5) is 27.1. The van der Waals surface area contributed by atoms with Crippen molar-refractivity contribution >= 4 is 22.4 Å². The van der Waals surface area contributed by atoms with Gasteiger partial charge in [-0.2, -0.15) is 0 Å². The highest BCUT2D eigenvalue weighted by atomic mass is 16.2. The third-order valence-corrected chi connectivity index (χ3v) is 3.85. The molecule has 22 heavy (non-hydrogen) atoms. The van der Waals surface area contributed by atoms with E-state index in [1.165, 1.54) is 0 Å². The lowest BCUT2D eigenvalue weighted by Crippen LogP contribution is -2.19. The summed E-state index contributed by atoms with van der Waals surface area (Å²) in [5.41, 5.74) is 2.86. The van der Waals surface area contributed by atoms with Gasteiger partial charge < -0.3 is 10.3 Å². The number of pyridine rings is 1. The maximum atomic E-state index is 12.4. The smallest absolute Gasteiger partial charge is 0.272 e. The van der Waals surface area contributed by atoms with E-state index in [4.69, 9.17) is 0 Å². The Labute approximate surface area is 127 Å². The highest BCUT2D eigenvalue weighted by Crippen LogP contribution is 2.19. The maximum absolute atomic E-state index is 12.4. The van der Waals surface area contributed by atoms with Gasteiger partial charge in [0, 0.05) is 11.1 Å². The number of fused-ring (bicyclic) bond motifs is 1. The van der Waals surface area contributed by atoms with E-state index in [1.807, 2.05) is 44.2 Å². The fourth-order valence-corrected chi connectivity index (χ4v) is 2.41. The highest BCUT2D eigenvalue weighted by molar-refractivity contribution is 6.05. The van der Waals surface area contributed by atoms with E-state index in [0.717, 1.165) is 22.2 Å². The van der Waals surface area contributed by atoms with Crippen LogP contribution in [-0.2, 0) is 0 Å². The van der Waals surface area contributed by atoms with Crippen molar-refractivity contribution in [2.45, 2.75) is 13.8 Å². The molecule has 0 radical (unpaired) electrons. The summed E-state index contributed by atoms with van der Waals surface area (Å²) in [6.07, 6.45) is 0. The van der Waals surface area contributed by atoms with Gasteiger partial charge in [0.15, 0.2) is 0 Å². The highest BCUT2D eigenvalue weighted by Gasteiger charge is 2.11. The molecule has 2 N–H and O–H groups in total. The van der Waals surface area contributed by atoms with Crippen LogP contribution in [0.5, 0.6) is 0 Å². The number of carbonyl (C=O) groups is 1. The molecular weight excluding hydrogens is 276 g/mol. The molecule has 0 spiro atoms. The van der Waals surface area contributed by atoms with Gasteiger partial charge in [0.1, 0.15) is 5.69 Å². The van der Waals surface area contributed by atoms with Crippen molar-refractivity contribution in [3.63, 3.8) is 0 Å². The molecule has 0 fully saturated rings. The largest absolute Gasteiger partial charge is 0.320 e. The summed E-state index contributed by atoms with van der Waals surface area (Å²) in [7, 11) is 0. The van der Waals surface area contributed by atoms with Crippen molar-refractivity contribution in [1.82, 2.24) is 4.98 Å². The van der Waals surface area contributed by atoms with Crippen molar-refractivity contribution < 1.29 is 4.79 Å². The fraction of sp³-hybridized carbons (Fsp3) is 0.111. The van der Waals surface area contributed by atoms with E-state index in [0.29, 0.717) is 5.39 Å². The molecule has 1 heterocycles. The van der Waals surface area contributed by atoms with E-state index >= 15 is 0 Å². The van der Waals surface area contributed by atoms with Crippen LogP contribution in [0.2, 0.25) is 0 Å². The molecule has 1 amide bonds. The third kappa shape index (κ3) is 2.51. The van der Waals surface area contributed by atoms with E-state index in [2.05, 4.69) is 10.3 Å². The Morgan fingerprint density at radius 3 is 2.64 bits per heavy atom. The lowest BCUT2D eigenvalue weighted by molar-refractivity contribution is 0.102. The molecule has 1 aromatic heterocycles. The molecular formula is C18H16N2O2. The van der Waals surface area contributed by atoms with Crippen molar-refractivity contribution in [2.75, 3.05) is 5.32 Å². The molecule has 110 valence electrons. The molecule has 0 saturated carbocycles. The fourth-order valence-electron chi connectivity index (χ4n) is 2.41. The standard InChI is InChI=1S/C18H16N2O2/c1-11-6-5-9-15(12(11)2)19-18(22)16-10-13-7-3-4-8-14(13)17(21)20-16/h3-10H,1-2H3,(H,19,22)(H,20,21). The van der Waals surface area contributed by atoms with Gasteiger partial charge in [0.05, 0.1) is 0 Å². The molecule has 0 saturated heterocycles. The summed E-state index contributed by atoms with van der Waals surface area (Å²) in [5.74, 6) is -0.323. The number of nitrogens with one attached hydrogen (secondary N) is 2. The third-order valence-electron chi connectivity index (χ3n) is 3.85. The summed E-state index contributed by atoms with van der Waals surface area (Å²) in [6, 6.07) is 14.6. The van der Waals surface area contributed by atoms with Gasteiger partial charge >= 0.3 is 0 Å². The normalized spacial score (nSPS) is 10.6. The predicted octanol–water partition coefficient (Wildman–Crippen LogP) is 3.40. The van der Waals surface area contributed by atoms with Crippen molar-refractivity contribution in [3.05, 3.63) is 75.7 Å². The quantitative estimate of drug-likeness (QED) is 0.760. The van der Waals surface area contributed by atoms with Gasteiger partial charge in [-0.25, -0.2) is 0 Å². The van der Waals surface area contributed by atoms with E-state index in [9.17, 15) is 9.59 Å². The minimum absolute atomic E-state index is 0.254. The first kappa shape index (κ1) is 14.1. The van der Waals surface area contributed by atoms with Crippen LogP contribution in [0.3, 0.4) is 0 Å². The molecule has 0 atom stereocenters. The first-order valence-electron chi connectivity index (χ1n) is 7.06. The molecule has 4 nitrogen and oxygen atoms in total. The first-order chi connectivity index (χ1) is 10.6. The van der Waals surface area contributed by atoms with Crippen LogP contribution < -0.4 is 10.9 Å². The number of hydrogen-bond donors (Lipinski definition) is 2. The molecule has 2 aromatic carbocycles. The number of hydrogen-bond acceptors (Lipinski definition) is 2. The minimum atomic E-state index is -0.323. The number of aromatic nitrogens is 1. The summed E-state index contributed by atoms with van der Waals surface area (Å²) < 4.78 is 0. The minimum Gasteiger partial charge on any atom is -0.320 e. The van der Waals surface area contributed by atoms with Crippen molar-refractivity contribution in [3.8, 4) is 0 Å². The Hall–Kier alpha value is -2.88. The van der Waals surface area contributed by atoms with Crippen LogP contribution in [0.15, 0.2) is 53.3 Å². The Balaban J connectivity index is 1.99. The van der Waals surface area contributed by atoms with Crippen LogP contribution in [0.4, 0.5) is 5.69 Å². The van der Waals surface area contributed by atoms with Crippen LogP contribution in [0.25, 0.3) is 10.8 Å². The number of carbonyl (C=O) groups excluding carboxylic acids is 1. The second-order valence-electron chi connectivity index (χ2n) is 5.30. The molecule has 0 bridgehead atoms. The van der Waals surface area contributed by atoms with Crippen molar-refractivity contribution in [1.29, 1.82) is 0 Å². The number of anilines is 1. The van der Waals surface area contributed by atoms with Gasteiger partial charge in [-0.3, -0.25) is 9.59 Å². The zero-order valence-electron chi connectivity index (χ0n) is 12.4. The topological polar surface area (TPSA) is 62.0 Å². The van der Waals surface area contributed by atoms with Gasteiger partial charge in [0.2, 0.25) is 0 Å². The van der Waals surface area contributed by atoms with Crippen molar-refractivity contribution in [2.24, 2.45) is 0 Å². The second kappa shape index (κ2) is 5.48. The molecule has 3 rings (SSSR count). The molecule has 0 aliphatic carbocycles.